The topological polar surface area (TPSA) is 68.3 Å². The van der Waals surface area contributed by atoms with Crippen LogP contribution in [0.2, 0.25) is 10.0 Å². The Morgan fingerprint density at radius 1 is 0.625 bits per heavy atom. The molecule has 2 aromatic carbocycles. The summed E-state index contributed by atoms with van der Waals surface area (Å²) in [6.45, 7) is 0. The van der Waals surface area contributed by atoms with Gasteiger partial charge in [-0.25, -0.2) is 16.8 Å². The Morgan fingerprint density at radius 3 is 1.21 bits per heavy atom. The molecule has 0 saturated heterocycles. The van der Waals surface area contributed by atoms with Crippen molar-refractivity contribution in [2.45, 2.75) is 9.79 Å². The van der Waals surface area contributed by atoms with Gasteiger partial charge in [-0.3, -0.25) is 0 Å². The molecule has 0 amide bonds. The first-order valence-corrected chi connectivity index (χ1v) is 10.7. The van der Waals surface area contributed by atoms with Crippen LogP contribution in [0.1, 0.15) is 0 Å². The van der Waals surface area contributed by atoms with Crippen molar-refractivity contribution in [2.24, 2.45) is 0 Å². The number of sulfone groups is 2. The predicted molar refractivity (Wildman–Crippen MR) is 94.8 cm³/mol. The van der Waals surface area contributed by atoms with Gasteiger partial charge < -0.3 is 0 Å². The fourth-order valence-electron chi connectivity index (χ4n) is 1.74. The molecule has 0 N–H and O–H groups in total. The van der Waals surface area contributed by atoms with Crippen molar-refractivity contribution in [2.75, 3.05) is 11.5 Å². The molecule has 8 heteroatoms. The van der Waals surface area contributed by atoms with E-state index in [-0.39, 0.29) is 9.79 Å². The smallest absolute Gasteiger partial charge is 0.189 e. The van der Waals surface area contributed by atoms with Gasteiger partial charge in [0.15, 0.2) is 19.7 Å². The van der Waals surface area contributed by atoms with Gasteiger partial charge in [-0.2, -0.15) is 0 Å². The maximum Gasteiger partial charge on any atom is 0.189 e. The van der Waals surface area contributed by atoms with E-state index in [1.165, 1.54) is 48.5 Å². The molecule has 0 aliphatic carbocycles. The molecule has 2 rings (SSSR count). The summed E-state index contributed by atoms with van der Waals surface area (Å²) in [7, 11) is -7.22. The van der Waals surface area contributed by atoms with E-state index in [1.54, 1.807) is 0 Å². The quantitative estimate of drug-likeness (QED) is 0.735. The Bertz CT molecular complexity index is 901. The molecule has 0 spiro atoms. The Labute approximate surface area is 151 Å². The summed E-state index contributed by atoms with van der Waals surface area (Å²) in [6, 6.07) is 11.4. The molecule has 0 radical (unpaired) electrons. The van der Waals surface area contributed by atoms with Crippen molar-refractivity contribution in [3.63, 3.8) is 0 Å². The summed E-state index contributed by atoms with van der Waals surface area (Å²) in [4.78, 5) is 0.170. The van der Waals surface area contributed by atoms with E-state index in [1.807, 2.05) is 0 Å². The van der Waals surface area contributed by atoms with Gasteiger partial charge in [0.05, 0.1) is 9.79 Å². The van der Waals surface area contributed by atoms with Crippen LogP contribution in [0.3, 0.4) is 0 Å². The highest BCUT2D eigenvalue weighted by Crippen LogP contribution is 2.16. The normalized spacial score (nSPS) is 11.6. The SMILES string of the molecule is O=S(=O)(CC#CCS(=O)(=O)c1ccc(Cl)cc1)c1ccc(Cl)cc1. The fraction of sp³-hybridized carbons (Fsp3) is 0.125. The molecular formula is C16H12Cl2O4S2. The van der Waals surface area contributed by atoms with Gasteiger partial charge in [0.2, 0.25) is 0 Å². The third kappa shape index (κ3) is 4.99. The number of rotatable bonds is 4. The Morgan fingerprint density at radius 2 is 0.917 bits per heavy atom. The van der Waals surface area contributed by atoms with Gasteiger partial charge in [-0.15, -0.1) is 0 Å². The molecule has 0 heterocycles. The molecule has 0 saturated carbocycles. The largest absolute Gasteiger partial charge is 0.223 e. The van der Waals surface area contributed by atoms with Crippen molar-refractivity contribution in [1.29, 1.82) is 0 Å². The average Bonchev–Trinajstić information content (AvgIpc) is 2.52. The van der Waals surface area contributed by atoms with E-state index in [0.717, 1.165) is 0 Å². The van der Waals surface area contributed by atoms with Crippen molar-refractivity contribution in [1.82, 2.24) is 0 Å². The molecular weight excluding hydrogens is 391 g/mol. The summed E-state index contributed by atoms with van der Waals surface area (Å²) in [5, 5.41) is 0.850. The monoisotopic (exact) mass is 402 g/mol. The molecule has 0 aliphatic heterocycles. The van der Waals surface area contributed by atoms with Gasteiger partial charge in [-0.05, 0) is 48.5 Å². The fourth-order valence-corrected chi connectivity index (χ4v) is 4.01. The third-order valence-electron chi connectivity index (χ3n) is 2.99. The first kappa shape index (κ1) is 18.8. The molecule has 0 atom stereocenters. The van der Waals surface area contributed by atoms with Gasteiger partial charge >= 0.3 is 0 Å². The summed E-state index contributed by atoms with van der Waals surface area (Å²) in [6.07, 6.45) is 0. The van der Waals surface area contributed by atoms with Crippen LogP contribution in [0, 0.1) is 11.8 Å². The highest BCUT2D eigenvalue weighted by atomic mass is 35.5. The molecule has 0 aromatic heterocycles. The first-order valence-electron chi connectivity index (χ1n) is 6.63. The van der Waals surface area contributed by atoms with Crippen LogP contribution in [0.5, 0.6) is 0 Å². The highest BCUT2D eigenvalue weighted by molar-refractivity contribution is 7.92. The van der Waals surface area contributed by atoms with Crippen LogP contribution in [-0.2, 0) is 19.7 Å². The van der Waals surface area contributed by atoms with Crippen LogP contribution in [0.25, 0.3) is 0 Å². The van der Waals surface area contributed by atoms with Gasteiger partial charge in [0.1, 0.15) is 11.5 Å². The van der Waals surface area contributed by atoms with Gasteiger partial charge in [-0.1, -0.05) is 35.0 Å². The second kappa shape index (κ2) is 7.58. The number of hydrogen-bond donors (Lipinski definition) is 0. The van der Waals surface area contributed by atoms with Crippen LogP contribution in [0.4, 0.5) is 0 Å². The van der Waals surface area contributed by atoms with Crippen molar-refractivity contribution < 1.29 is 16.8 Å². The number of hydrogen-bond acceptors (Lipinski definition) is 4. The maximum atomic E-state index is 12.1. The predicted octanol–water partition coefficient (Wildman–Crippen LogP) is 3.24. The average molecular weight is 403 g/mol. The molecule has 126 valence electrons. The molecule has 0 bridgehead atoms. The zero-order valence-electron chi connectivity index (χ0n) is 12.2. The van der Waals surface area contributed by atoms with Gasteiger partial charge in [0.25, 0.3) is 0 Å². The summed E-state index contributed by atoms with van der Waals surface area (Å²) in [5.41, 5.74) is 0. The first-order chi connectivity index (χ1) is 11.2. The van der Waals surface area contributed by atoms with Crippen LogP contribution in [-0.4, -0.2) is 28.3 Å². The minimum Gasteiger partial charge on any atom is -0.223 e. The Balaban J connectivity index is 2.08. The minimum absolute atomic E-state index is 0.0850. The standard InChI is InChI=1S/C16H12Cl2O4S2/c17-13-3-7-15(8-4-13)23(19,20)11-1-2-12-24(21,22)16-9-5-14(18)6-10-16/h3-10H,11-12H2. The highest BCUT2D eigenvalue weighted by Gasteiger charge is 2.14. The van der Waals surface area contributed by atoms with E-state index >= 15 is 0 Å². The summed E-state index contributed by atoms with van der Waals surface area (Å²) < 4.78 is 48.3. The van der Waals surface area contributed by atoms with E-state index in [9.17, 15) is 16.8 Å². The van der Waals surface area contributed by atoms with Crippen LogP contribution < -0.4 is 0 Å². The van der Waals surface area contributed by atoms with E-state index in [2.05, 4.69) is 11.8 Å². The second-order valence-electron chi connectivity index (χ2n) is 4.78. The minimum atomic E-state index is -3.61. The third-order valence-corrected chi connectivity index (χ3v) is 6.53. The molecule has 24 heavy (non-hydrogen) atoms. The van der Waals surface area contributed by atoms with Crippen molar-refractivity contribution >= 4 is 42.9 Å². The van der Waals surface area contributed by atoms with E-state index < -0.39 is 31.2 Å². The molecule has 0 unspecified atom stereocenters. The lowest BCUT2D eigenvalue weighted by Gasteiger charge is -2.01. The lowest BCUT2D eigenvalue weighted by molar-refractivity contribution is 0.597. The van der Waals surface area contributed by atoms with Crippen molar-refractivity contribution in [3.05, 3.63) is 58.6 Å². The Kier molecular flexibility index (Phi) is 5.94. The number of benzene rings is 2. The van der Waals surface area contributed by atoms with E-state index in [0.29, 0.717) is 10.0 Å². The summed E-state index contributed by atoms with van der Waals surface area (Å²) in [5.74, 6) is 3.86. The zero-order chi connectivity index (χ0) is 17.8. The lowest BCUT2D eigenvalue weighted by Crippen LogP contribution is -2.07. The Hall–Kier alpha value is -1.52. The molecule has 4 nitrogen and oxygen atoms in total. The maximum absolute atomic E-state index is 12.1. The second-order valence-corrected chi connectivity index (χ2v) is 9.63. The van der Waals surface area contributed by atoms with E-state index in [4.69, 9.17) is 23.2 Å². The lowest BCUT2D eigenvalue weighted by atomic mass is 10.4. The summed E-state index contributed by atoms with van der Waals surface area (Å²) >= 11 is 11.4. The number of halogens is 2. The van der Waals surface area contributed by atoms with Crippen LogP contribution in [0.15, 0.2) is 58.3 Å². The molecule has 2 aromatic rings. The van der Waals surface area contributed by atoms with Crippen molar-refractivity contribution in [3.8, 4) is 11.8 Å². The van der Waals surface area contributed by atoms with Gasteiger partial charge in [0, 0.05) is 10.0 Å². The molecule has 0 fully saturated rings. The van der Waals surface area contributed by atoms with Crippen LogP contribution >= 0.6 is 23.2 Å². The molecule has 0 aliphatic rings. The zero-order valence-corrected chi connectivity index (χ0v) is 15.4.